The highest BCUT2D eigenvalue weighted by Crippen LogP contribution is 2.25. The van der Waals surface area contributed by atoms with Crippen LogP contribution < -0.4 is 29.4 Å². The molecule has 4 rings (SSSR count). The SMILES string of the molecule is CN(C(=O)N(C)c1ccc(N(C)C(=O)N(C)c2ccc(N(C)C(=O)N(C)c3ccccc3)cc2)cc1)c1ccccc1. The quantitative estimate of drug-likeness (QED) is 0.260. The molecule has 4 aromatic carbocycles. The Bertz CT molecular complexity index is 1400. The van der Waals surface area contributed by atoms with Gasteiger partial charge in [-0.15, -0.1) is 0 Å². The number of carbonyl (C=O) groups is 3. The molecular formula is C33H36N6O3. The zero-order valence-electron chi connectivity index (χ0n) is 24.8. The minimum absolute atomic E-state index is 0.180. The number of para-hydroxylation sites is 2. The Kier molecular flexibility index (Phi) is 9.12. The molecule has 0 saturated heterocycles. The van der Waals surface area contributed by atoms with Crippen molar-refractivity contribution in [2.75, 3.05) is 71.7 Å². The molecule has 0 radical (unpaired) electrons. The van der Waals surface area contributed by atoms with Crippen molar-refractivity contribution >= 4 is 52.2 Å². The molecular weight excluding hydrogens is 528 g/mol. The van der Waals surface area contributed by atoms with E-state index in [1.165, 1.54) is 0 Å². The van der Waals surface area contributed by atoms with Crippen molar-refractivity contribution in [3.8, 4) is 0 Å². The van der Waals surface area contributed by atoms with Crippen LogP contribution in [0.1, 0.15) is 0 Å². The predicted molar refractivity (Wildman–Crippen MR) is 172 cm³/mol. The highest BCUT2D eigenvalue weighted by Gasteiger charge is 2.21. The topological polar surface area (TPSA) is 70.7 Å². The van der Waals surface area contributed by atoms with Gasteiger partial charge in [-0.25, -0.2) is 14.4 Å². The third-order valence-electron chi connectivity index (χ3n) is 7.26. The molecule has 0 N–H and O–H groups in total. The van der Waals surface area contributed by atoms with Crippen molar-refractivity contribution in [1.82, 2.24) is 0 Å². The van der Waals surface area contributed by atoms with E-state index in [0.29, 0.717) is 22.7 Å². The average molecular weight is 565 g/mol. The van der Waals surface area contributed by atoms with E-state index < -0.39 is 0 Å². The summed E-state index contributed by atoms with van der Waals surface area (Å²) in [6.45, 7) is 0. The third kappa shape index (κ3) is 6.36. The number of amides is 6. The van der Waals surface area contributed by atoms with Crippen LogP contribution in [0.4, 0.5) is 48.5 Å². The van der Waals surface area contributed by atoms with Gasteiger partial charge < -0.3 is 0 Å². The van der Waals surface area contributed by atoms with Crippen LogP contribution >= 0.6 is 0 Å². The summed E-state index contributed by atoms with van der Waals surface area (Å²) in [7, 11) is 10.3. The van der Waals surface area contributed by atoms with Gasteiger partial charge in [0.25, 0.3) is 0 Å². The number of benzene rings is 4. The van der Waals surface area contributed by atoms with Gasteiger partial charge in [0.15, 0.2) is 0 Å². The van der Waals surface area contributed by atoms with Crippen molar-refractivity contribution in [1.29, 1.82) is 0 Å². The number of hydrogen-bond donors (Lipinski definition) is 0. The minimum atomic E-state index is -0.239. The zero-order valence-corrected chi connectivity index (χ0v) is 24.8. The second kappa shape index (κ2) is 12.9. The predicted octanol–water partition coefficient (Wildman–Crippen LogP) is 6.76. The summed E-state index contributed by atoms with van der Waals surface area (Å²) in [5.41, 5.74) is 4.36. The summed E-state index contributed by atoms with van der Waals surface area (Å²) in [5.74, 6) is 0. The van der Waals surface area contributed by atoms with Gasteiger partial charge in [0.05, 0.1) is 0 Å². The largest absolute Gasteiger partial charge is 0.328 e. The average Bonchev–Trinajstić information content (AvgIpc) is 3.06. The van der Waals surface area contributed by atoms with Crippen LogP contribution in [0.5, 0.6) is 0 Å². The van der Waals surface area contributed by atoms with Crippen LogP contribution in [0.3, 0.4) is 0 Å². The lowest BCUT2D eigenvalue weighted by atomic mass is 10.2. The monoisotopic (exact) mass is 564 g/mol. The van der Waals surface area contributed by atoms with E-state index in [4.69, 9.17) is 0 Å². The highest BCUT2D eigenvalue weighted by molar-refractivity contribution is 6.05. The van der Waals surface area contributed by atoms with Crippen molar-refractivity contribution < 1.29 is 14.4 Å². The minimum Gasteiger partial charge on any atom is -0.297 e. The molecule has 0 aliphatic heterocycles. The van der Waals surface area contributed by atoms with Crippen LogP contribution in [0.25, 0.3) is 0 Å². The molecule has 0 fully saturated rings. The Morgan fingerprint density at radius 1 is 0.310 bits per heavy atom. The van der Waals surface area contributed by atoms with E-state index >= 15 is 0 Å². The third-order valence-corrected chi connectivity index (χ3v) is 7.26. The molecule has 0 saturated carbocycles. The Labute approximate surface area is 247 Å². The van der Waals surface area contributed by atoms with Crippen molar-refractivity contribution in [2.45, 2.75) is 0 Å². The fourth-order valence-corrected chi connectivity index (χ4v) is 4.44. The van der Waals surface area contributed by atoms with Crippen molar-refractivity contribution in [2.24, 2.45) is 0 Å². The summed E-state index contributed by atoms with van der Waals surface area (Å²) < 4.78 is 0. The van der Waals surface area contributed by atoms with Gasteiger partial charge in [-0.3, -0.25) is 29.4 Å². The molecule has 4 aromatic rings. The summed E-state index contributed by atoms with van der Waals surface area (Å²) in [5, 5.41) is 0. The maximum atomic E-state index is 13.3. The summed E-state index contributed by atoms with van der Waals surface area (Å²) in [4.78, 5) is 48.6. The van der Waals surface area contributed by atoms with Gasteiger partial charge in [-0.05, 0) is 72.8 Å². The zero-order chi connectivity index (χ0) is 30.4. The smallest absolute Gasteiger partial charge is 0.297 e. The normalized spacial score (nSPS) is 10.4. The second-order valence-corrected chi connectivity index (χ2v) is 9.91. The van der Waals surface area contributed by atoms with E-state index in [2.05, 4.69) is 0 Å². The van der Waals surface area contributed by atoms with Gasteiger partial charge in [-0.1, -0.05) is 36.4 Å². The fourth-order valence-electron chi connectivity index (χ4n) is 4.44. The lowest BCUT2D eigenvalue weighted by Crippen LogP contribution is -2.40. The molecule has 0 bridgehead atoms. The molecule has 9 heteroatoms. The molecule has 0 heterocycles. The van der Waals surface area contributed by atoms with E-state index in [1.807, 2.05) is 84.9 Å². The second-order valence-electron chi connectivity index (χ2n) is 9.91. The molecule has 42 heavy (non-hydrogen) atoms. The van der Waals surface area contributed by atoms with Crippen molar-refractivity contribution in [3.05, 3.63) is 109 Å². The number of rotatable bonds is 6. The summed E-state index contributed by atoms with van der Waals surface area (Å²) >= 11 is 0. The first-order valence-electron chi connectivity index (χ1n) is 13.4. The number of anilines is 6. The van der Waals surface area contributed by atoms with Gasteiger partial charge >= 0.3 is 18.1 Å². The number of urea groups is 3. The first kappa shape index (κ1) is 29.7. The van der Waals surface area contributed by atoms with Crippen LogP contribution in [0.15, 0.2) is 109 Å². The molecule has 0 atom stereocenters. The number of nitrogens with zero attached hydrogens (tertiary/aromatic N) is 6. The molecule has 0 aliphatic carbocycles. The molecule has 0 unspecified atom stereocenters. The summed E-state index contributed by atoms with van der Waals surface area (Å²) in [6, 6.07) is 32.7. The number of carbonyl (C=O) groups excluding carboxylic acids is 3. The maximum absolute atomic E-state index is 13.3. The molecule has 6 amide bonds. The first-order chi connectivity index (χ1) is 20.1. The fraction of sp³-hybridized carbons (Fsp3) is 0.182. The Hall–Kier alpha value is -5.31. The molecule has 0 spiro atoms. The molecule has 0 aromatic heterocycles. The van der Waals surface area contributed by atoms with E-state index in [0.717, 1.165) is 11.4 Å². The van der Waals surface area contributed by atoms with Gasteiger partial charge in [-0.2, -0.15) is 0 Å². The van der Waals surface area contributed by atoms with E-state index in [9.17, 15) is 14.4 Å². The maximum Gasteiger partial charge on any atom is 0.328 e. The van der Waals surface area contributed by atoms with E-state index in [1.54, 1.807) is 96.0 Å². The van der Waals surface area contributed by atoms with E-state index in [-0.39, 0.29) is 18.1 Å². The van der Waals surface area contributed by atoms with Crippen LogP contribution in [-0.4, -0.2) is 60.4 Å². The Morgan fingerprint density at radius 3 is 0.667 bits per heavy atom. The lowest BCUT2D eigenvalue weighted by molar-refractivity contribution is 0.253. The van der Waals surface area contributed by atoms with Crippen LogP contribution in [0.2, 0.25) is 0 Å². The van der Waals surface area contributed by atoms with Gasteiger partial charge in [0, 0.05) is 76.4 Å². The standard InChI is InChI=1S/C33H36N6O3/c1-34(25-13-9-7-10-14-25)31(40)36(3)27-17-21-29(22-18-27)38(5)33(42)39(6)30-23-19-28(20-24-30)37(4)32(41)35(2)26-15-11-8-12-16-26/h7-24H,1-6H3. The van der Waals surface area contributed by atoms with Crippen molar-refractivity contribution in [3.63, 3.8) is 0 Å². The first-order valence-corrected chi connectivity index (χ1v) is 13.4. The summed E-state index contributed by atoms with van der Waals surface area (Å²) in [6.07, 6.45) is 0. The Morgan fingerprint density at radius 2 is 0.476 bits per heavy atom. The number of hydrogen-bond acceptors (Lipinski definition) is 3. The molecule has 216 valence electrons. The van der Waals surface area contributed by atoms with Crippen LogP contribution in [0, 0.1) is 0 Å². The molecule has 9 nitrogen and oxygen atoms in total. The highest BCUT2D eigenvalue weighted by atomic mass is 16.2. The van der Waals surface area contributed by atoms with Crippen LogP contribution in [-0.2, 0) is 0 Å². The lowest BCUT2D eigenvalue weighted by Gasteiger charge is -2.28. The van der Waals surface area contributed by atoms with Gasteiger partial charge in [0.2, 0.25) is 0 Å². The van der Waals surface area contributed by atoms with Gasteiger partial charge in [0.1, 0.15) is 0 Å². The molecule has 0 aliphatic rings. The Balaban J connectivity index is 1.39.